The molecule has 6 nitrogen and oxygen atoms in total. The summed E-state index contributed by atoms with van der Waals surface area (Å²) in [6.07, 6.45) is 3.91. The molecule has 30 heavy (non-hydrogen) atoms. The van der Waals surface area contributed by atoms with Gasteiger partial charge in [-0.25, -0.2) is 4.98 Å². The van der Waals surface area contributed by atoms with E-state index in [1.165, 1.54) is 31.5 Å². The normalized spacial score (nSPS) is 22.7. The van der Waals surface area contributed by atoms with Crippen LogP contribution in [0, 0.1) is 12.8 Å². The first-order chi connectivity index (χ1) is 14.1. The molecule has 3 aromatic rings. The largest absolute Gasteiger partial charge is 0.440 e. The highest BCUT2D eigenvalue weighted by molar-refractivity contribution is 7.99. The second-order valence-corrected chi connectivity index (χ2v) is 9.63. The van der Waals surface area contributed by atoms with Gasteiger partial charge in [-0.3, -0.25) is 0 Å². The number of halogens is 2. The van der Waals surface area contributed by atoms with E-state index in [2.05, 4.69) is 32.2 Å². The molecule has 160 valence electrons. The molecule has 3 heterocycles. The van der Waals surface area contributed by atoms with Crippen LogP contribution in [0.3, 0.4) is 0 Å². The zero-order valence-electron chi connectivity index (χ0n) is 17.0. The van der Waals surface area contributed by atoms with Crippen LogP contribution in [0.5, 0.6) is 0 Å². The van der Waals surface area contributed by atoms with Crippen molar-refractivity contribution in [2.75, 3.05) is 25.4 Å². The predicted octanol–water partition coefficient (Wildman–Crippen LogP) is 4.61. The molecule has 0 unspecified atom stereocenters. The van der Waals surface area contributed by atoms with Crippen LogP contribution in [0.1, 0.15) is 24.1 Å². The summed E-state index contributed by atoms with van der Waals surface area (Å²) in [5.41, 5.74) is 2.67. The van der Waals surface area contributed by atoms with E-state index in [-0.39, 0.29) is 12.4 Å². The molecule has 1 aliphatic carbocycles. The number of aryl methyl sites for hydroxylation is 1. The van der Waals surface area contributed by atoms with Crippen LogP contribution in [-0.2, 0) is 12.5 Å². The lowest BCUT2D eigenvalue weighted by molar-refractivity contribution is 0.299. The zero-order valence-corrected chi connectivity index (χ0v) is 19.4. The fourth-order valence-electron chi connectivity index (χ4n) is 4.59. The molecule has 2 aromatic heterocycles. The Labute approximate surface area is 191 Å². The highest BCUT2D eigenvalue weighted by atomic mass is 35.5. The van der Waals surface area contributed by atoms with Gasteiger partial charge in [0.2, 0.25) is 5.82 Å². The standard InChI is InChI=1S/C21H24ClN5OS.ClH/c1-14-18(28-13-23-14)19-24-25-20(26(19)2)29-9-3-8-27-11-16-10-21(16,12-27)15-4-6-17(22)7-5-15;/h4-7,13,16H,3,8-12H2,1-2H3;1H/t16-,21+;/m1./s1. The van der Waals surface area contributed by atoms with Gasteiger partial charge < -0.3 is 13.9 Å². The van der Waals surface area contributed by atoms with Crippen molar-refractivity contribution in [3.63, 3.8) is 0 Å². The van der Waals surface area contributed by atoms with Crippen molar-refractivity contribution < 1.29 is 4.42 Å². The second-order valence-electron chi connectivity index (χ2n) is 8.13. The van der Waals surface area contributed by atoms with E-state index in [9.17, 15) is 0 Å². The maximum absolute atomic E-state index is 6.06. The Bertz CT molecular complexity index is 1020. The molecule has 2 atom stereocenters. The monoisotopic (exact) mass is 465 g/mol. The van der Waals surface area contributed by atoms with Crippen molar-refractivity contribution in [3.05, 3.63) is 46.9 Å². The average Bonchev–Trinajstić information content (AvgIpc) is 3.02. The molecule has 5 rings (SSSR count). The number of oxazole rings is 1. The highest BCUT2D eigenvalue weighted by Gasteiger charge is 2.60. The molecule has 1 aromatic carbocycles. The molecule has 2 fully saturated rings. The van der Waals surface area contributed by atoms with E-state index >= 15 is 0 Å². The average molecular weight is 466 g/mol. The number of fused-ring (bicyclic) bond motifs is 1. The first-order valence-corrected chi connectivity index (χ1v) is 11.3. The molecular weight excluding hydrogens is 441 g/mol. The van der Waals surface area contributed by atoms with E-state index in [0.29, 0.717) is 11.2 Å². The Morgan fingerprint density at radius 1 is 1.27 bits per heavy atom. The van der Waals surface area contributed by atoms with Crippen LogP contribution in [-0.4, -0.2) is 50.0 Å². The molecule has 2 aliphatic rings. The van der Waals surface area contributed by atoms with E-state index in [0.717, 1.165) is 46.3 Å². The number of nitrogens with zero attached hydrogens (tertiary/aromatic N) is 5. The van der Waals surface area contributed by atoms with Gasteiger partial charge in [0, 0.05) is 36.3 Å². The van der Waals surface area contributed by atoms with Gasteiger partial charge in [0.1, 0.15) is 0 Å². The minimum atomic E-state index is 0. The van der Waals surface area contributed by atoms with Crippen LogP contribution in [0.25, 0.3) is 11.6 Å². The molecule has 0 spiro atoms. The van der Waals surface area contributed by atoms with Crippen molar-refractivity contribution in [3.8, 4) is 11.6 Å². The molecule has 1 saturated carbocycles. The minimum absolute atomic E-state index is 0. The maximum Gasteiger partial charge on any atom is 0.202 e. The van der Waals surface area contributed by atoms with E-state index in [1.54, 1.807) is 11.8 Å². The number of rotatable bonds is 7. The first-order valence-electron chi connectivity index (χ1n) is 9.98. The van der Waals surface area contributed by atoms with Crippen molar-refractivity contribution in [2.45, 2.75) is 30.3 Å². The smallest absolute Gasteiger partial charge is 0.202 e. The van der Waals surface area contributed by atoms with E-state index in [1.807, 2.05) is 30.7 Å². The van der Waals surface area contributed by atoms with E-state index in [4.69, 9.17) is 16.0 Å². The number of aromatic nitrogens is 4. The van der Waals surface area contributed by atoms with Gasteiger partial charge in [0.05, 0.1) is 5.69 Å². The SMILES string of the molecule is Cc1ncoc1-c1nnc(SCCCN2C[C@H]3C[C@@]3(c3ccc(Cl)cc3)C2)n1C.Cl. The van der Waals surface area contributed by atoms with Gasteiger partial charge in [0.15, 0.2) is 17.3 Å². The Morgan fingerprint density at radius 3 is 2.80 bits per heavy atom. The summed E-state index contributed by atoms with van der Waals surface area (Å²) in [5, 5.41) is 10.3. The number of hydrogen-bond donors (Lipinski definition) is 0. The first kappa shape index (κ1) is 21.7. The number of likely N-dealkylation sites (tertiary alicyclic amines) is 1. The quantitative estimate of drug-likeness (QED) is 0.375. The Morgan fingerprint density at radius 2 is 2.07 bits per heavy atom. The Hall–Kier alpha value is -1.54. The summed E-state index contributed by atoms with van der Waals surface area (Å²) >= 11 is 7.81. The fraction of sp³-hybridized carbons (Fsp3) is 0.476. The summed E-state index contributed by atoms with van der Waals surface area (Å²) in [6, 6.07) is 8.47. The van der Waals surface area contributed by atoms with Gasteiger partial charge in [0.25, 0.3) is 0 Å². The van der Waals surface area contributed by atoms with Gasteiger partial charge >= 0.3 is 0 Å². The maximum atomic E-state index is 6.06. The number of thioether (sulfide) groups is 1. The van der Waals surface area contributed by atoms with Crippen molar-refractivity contribution in [2.24, 2.45) is 13.0 Å². The van der Waals surface area contributed by atoms with Gasteiger partial charge in [-0.15, -0.1) is 22.6 Å². The van der Waals surface area contributed by atoms with Crippen molar-refractivity contribution in [1.29, 1.82) is 0 Å². The summed E-state index contributed by atoms with van der Waals surface area (Å²) in [4.78, 5) is 6.75. The molecule has 0 N–H and O–H groups in total. The van der Waals surface area contributed by atoms with Crippen LogP contribution < -0.4 is 0 Å². The summed E-state index contributed by atoms with van der Waals surface area (Å²) in [6.45, 7) is 5.43. The van der Waals surface area contributed by atoms with Crippen molar-refractivity contribution >= 4 is 35.8 Å². The van der Waals surface area contributed by atoms with Crippen LogP contribution in [0.4, 0.5) is 0 Å². The summed E-state index contributed by atoms with van der Waals surface area (Å²) in [5.74, 6) is 3.25. The number of piperidine rings is 1. The minimum Gasteiger partial charge on any atom is -0.440 e. The van der Waals surface area contributed by atoms with Crippen LogP contribution in [0.15, 0.2) is 40.2 Å². The molecular formula is C21H25Cl2N5OS. The third-order valence-electron chi connectivity index (χ3n) is 6.27. The molecule has 0 radical (unpaired) electrons. The molecule has 1 saturated heterocycles. The topological polar surface area (TPSA) is 60.0 Å². The lowest BCUT2D eigenvalue weighted by Crippen LogP contribution is -2.27. The highest BCUT2D eigenvalue weighted by Crippen LogP contribution is 2.59. The van der Waals surface area contributed by atoms with Gasteiger partial charge in [-0.1, -0.05) is 35.5 Å². The lowest BCUT2D eigenvalue weighted by Gasteiger charge is -2.21. The second kappa shape index (κ2) is 8.54. The third-order valence-corrected chi connectivity index (χ3v) is 7.63. The molecule has 0 bridgehead atoms. The zero-order chi connectivity index (χ0) is 20.0. The third kappa shape index (κ3) is 3.88. The van der Waals surface area contributed by atoms with E-state index < -0.39 is 0 Å². The lowest BCUT2D eigenvalue weighted by atomic mass is 9.95. The molecule has 9 heteroatoms. The Kier molecular flexibility index (Phi) is 6.17. The van der Waals surface area contributed by atoms with Crippen molar-refractivity contribution in [1.82, 2.24) is 24.6 Å². The Balaban J connectivity index is 0.00000218. The molecule has 1 aliphatic heterocycles. The molecule has 0 amide bonds. The van der Waals surface area contributed by atoms with Crippen LogP contribution in [0.2, 0.25) is 5.02 Å². The fourth-order valence-corrected chi connectivity index (χ4v) is 5.55. The predicted molar refractivity (Wildman–Crippen MR) is 122 cm³/mol. The number of benzene rings is 1. The number of hydrogen-bond acceptors (Lipinski definition) is 6. The van der Waals surface area contributed by atoms with Gasteiger partial charge in [-0.2, -0.15) is 0 Å². The van der Waals surface area contributed by atoms with Gasteiger partial charge in [-0.05, 0) is 49.9 Å². The summed E-state index contributed by atoms with van der Waals surface area (Å²) in [7, 11) is 1.98. The summed E-state index contributed by atoms with van der Waals surface area (Å²) < 4.78 is 7.43. The van der Waals surface area contributed by atoms with Crippen LogP contribution >= 0.6 is 35.8 Å².